The van der Waals surface area contributed by atoms with Crippen LogP contribution in [0.5, 0.6) is 5.75 Å². The van der Waals surface area contributed by atoms with Crippen LogP contribution in [0.2, 0.25) is 0 Å². The van der Waals surface area contributed by atoms with Crippen LogP contribution in [0, 0.1) is 5.82 Å². The van der Waals surface area contributed by atoms with Gasteiger partial charge in [-0.2, -0.15) is 0 Å². The Morgan fingerprint density at radius 3 is 2.70 bits per heavy atom. The van der Waals surface area contributed by atoms with E-state index in [0.29, 0.717) is 24.8 Å². The van der Waals surface area contributed by atoms with Crippen molar-refractivity contribution in [3.63, 3.8) is 0 Å². The number of ether oxygens (including phenoxy) is 1. The van der Waals surface area contributed by atoms with Gasteiger partial charge in [-0.15, -0.1) is 24.0 Å². The van der Waals surface area contributed by atoms with Gasteiger partial charge in [-0.1, -0.05) is 30.3 Å². The molecule has 1 atom stereocenters. The minimum absolute atomic E-state index is 0. The highest BCUT2D eigenvalue weighted by molar-refractivity contribution is 14.0. The minimum Gasteiger partial charge on any atom is -0.489 e. The maximum Gasteiger partial charge on any atom is 0.242 e. The van der Waals surface area contributed by atoms with Gasteiger partial charge < -0.3 is 20.3 Å². The Labute approximate surface area is 193 Å². The number of carbonyl (C=O) groups is 1. The van der Waals surface area contributed by atoms with Crippen LogP contribution in [-0.2, 0) is 17.8 Å². The van der Waals surface area contributed by atoms with E-state index in [1.165, 1.54) is 23.3 Å². The number of amides is 1. The lowest BCUT2D eigenvalue weighted by Crippen LogP contribution is -2.47. The van der Waals surface area contributed by atoms with Gasteiger partial charge in [0, 0.05) is 26.2 Å². The number of rotatable bonds is 6. The standard InChI is InChI=1S/C22H27FN4O2.HI/c1-16(29-20-9-5-8-19(23)12-20)13-25-22(24-2)26-14-21(28)27-11-10-17-6-3-4-7-18(17)15-27;/h3-9,12,16H,10-11,13-15H2,1-2H3,(H2,24,25,26);1H. The number of hydrogen-bond acceptors (Lipinski definition) is 3. The molecule has 0 aromatic heterocycles. The Hall–Kier alpha value is -2.36. The van der Waals surface area contributed by atoms with Gasteiger partial charge in [-0.05, 0) is 36.6 Å². The Morgan fingerprint density at radius 2 is 1.97 bits per heavy atom. The SMILES string of the molecule is CN=C(NCC(=O)N1CCc2ccccc2C1)NCC(C)Oc1cccc(F)c1.I. The summed E-state index contributed by atoms with van der Waals surface area (Å²) in [6, 6.07) is 14.3. The van der Waals surface area contributed by atoms with Crippen LogP contribution in [0.4, 0.5) is 4.39 Å². The van der Waals surface area contributed by atoms with Crippen molar-refractivity contribution >= 4 is 35.8 Å². The Kier molecular flexibility index (Phi) is 9.35. The van der Waals surface area contributed by atoms with Crippen molar-refractivity contribution in [1.82, 2.24) is 15.5 Å². The lowest BCUT2D eigenvalue weighted by molar-refractivity contribution is -0.130. The third-order valence-electron chi connectivity index (χ3n) is 4.80. The number of nitrogens with one attached hydrogen (secondary N) is 2. The summed E-state index contributed by atoms with van der Waals surface area (Å²) in [5, 5.41) is 6.18. The number of hydrogen-bond donors (Lipinski definition) is 2. The van der Waals surface area contributed by atoms with Crippen molar-refractivity contribution in [1.29, 1.82) is 0 Å². The molecule has 0 saturated carbocycles. The van der Waals surface area contributed by atoms with Crippen molar-refractivity contribution in [3.05, 3.63) is 65.5 Å². The highest BCUT2D eigenvalue weighted by atomic mass is 127. The number of halogens is 2. The highest BCUT2D eigenvalue weighted by Gasteiger charge is 2.20. The minimum atomic E-state index is -0.334. The van der Waals surface area contributed by atoms with E-state index >= 15 is 0 Å². The molecule has 6 nitrogen and oxygen atoms in total. The summed E-state index contributed by atoms with van der Waals surface area (Å²) >= 11 is 0. The number of aliphatic imine (C=N–C) groups is 1. The van der Waals surface area contributed by atoms with Crippen LogP contribution < -0.4 is 15.4 Å². The van der Waals surface area contributed by atoms with Crippen molar-refractivity contribution in [2.24, 2.45) is 4.99 Å². The molecule has 2 aromatic rings. The lowest BCUT2D eigenvalue weighted by atomic mass is 10.00. The van der Waals surface area contributed by atoms with E-state index in [0.717, 1.165) is 13.0 Å². The average molecular weight is 526 g/mol. The Balaban J connectivity index is 0.00000320. The fourth-order valence-corrected chi connectivity index (χ4v) is 3.26. The summed E-state index contributed by atoms with van der Waals surface area (Å²) in [5.41, 5.74) is 2.52. The number of carbonyl (C=O) groups excluding carboxylic acids is 1. The molecule has 0 fully saturated rings. The molecule has 1 aliphatic heterocycles. The molecule has 1 unspecified atom stereocenters. The monoisotopic (exact) mass is 526 g/mol. The van der Waals surface area contributed by atoms with E-state index in [-0.39, 0.29) is 48.3 Å². The van der Waals surface area contributed by atoms with E-state index in [1.54, 1.807) is 19.2 Å². The van der Waals surface area contributed by atoms with Gasteiger partial charge in [-0.25, -0.2) is 4.39 Å². The summed E-state index contributed by atoms with van der Waals surface area (Å²) in [4.78, 5) is 18.6. The average Bonchev–Trinajstić information content (AvgIpc) is 2.73. The number of benzene rings is 2. The first-order chi connectivity index (χ1) is 14.0. The van der Waals surface area contributed by atoms with Gasteiger partial charge in [0.15, 0.2) is 5.96 Å². The quantitative estimate of drug-likeness (QED) is 0.345. The van der Waals surface area contributed by atoms with E-state index in [1.807, 2.05) is 24.0 Å². The van der Waals surface area contributed by atoms with Crippen molar-refractivity contribution in [2.45, 2.75) is 26.0 Å². The highest BCUT2D eigenvalue weighted by Crippen LogP contribution is 2.18. The topological polar surface area (TPSA) is 66.0 Å². The second kappa shape index (κ2) is 11.7. The predicted octanol–water partition coefficient (Wildman–Crippen LogP) is 2.96. The fraction of sp³-hybridized carbons (Fsp3) is 0.364. The van der Waals surface area contributed by atoms with E-state index in [9.17, 15) is 9.18 Å². The van der Waals surface area contributed by atoms with Crippen molar-refractivity contribution in [2.75, 3.05) is 26.7 Å². The zero-order valence-electron chi connectivity index (χ0n) is 17.2. The smallest absolute Gasteiger partial charge is 0.242 e. The maximum atomic E-state index is 13.2. The van der Waals surface area contributed by atoms with Crippen LogP contribution in [0.25, 0.3) is 0 Å². The first kappa shape index (κ1) is 23.9. The van der Waals surface area contributed by atoms with Gasteiger partial charge >= 0.3 is 0 Å². The summed E-state index contributed by atoms with van der Waals surface area (Å²) < 4.78 is 18.9. The van der Waals surface area contributed by atoms with E-state index in [4.69, 9.17) is 4.74 Å². The molecule has 30 heavy (non-hydrogen) atoms. The third kappa shape index (κ3) is 6.86. The summed E-state index contributed by atoms with van der Waals surface area (Å²) in [6.45, 7) is 3.87. The van der Waals surface area contributed by atoms with Crippen LogP contribution in [0.3, 0.4) is 0 Å². The number of nitrogens with zero attached hydrogens (tertiary/aromatic N) is 2. The predicted molar refractivity (Wildman–Crippen MR) is 127 cm³/mol. The molecule has 1 aliphatic rings. The Morgan fingerprint density at radius 1 is 1.20 bits per heavy atom. The van der Waals surface area contributed by atoms with Gasteiger partial charge in [0.25, 0.3) is 0 Å². The fourth-order valence-electron chi connectivity index (χ4n) is 3.26. The van der Waals surface area contributed by atoms with E-state index < -0.39 is 0 Å². The van der Waals surface area contributed by atoms with Gasteiger partial charge in [-0.3, -0.25) is 9.79 Å². The number of fused-ring (bicyclic) bond motifs is 1. The molecule has 2 aromatic carbocycles. The summed E-state index contributed by atoms with van der Waals surface area (Å²) in [7, 11) is 1.65. The Bertz CT molecular complexity index is 878. The molecule has 0 saturated heterocycles. The largest absolute Gasteiger partial charge is 0.489 e. The second-order valence-electron chi connectivity index (χ2n) is 7.03. The third-order valence-corrected chi connectivity index (χ3v) is 4.80. The summed E-state index contributed by atoms with van der Waals surface area (Å²) in [6.07, 6.45) is 0.675. The van der Waals surface area contributed by atoms with Crippen LogP contribution >= 0.6 is 24.0 Å². The normalized spacial score (nSPS) is 14.2. The first-order valence-corrected chi connectivity index (χ1v) is 9.76. The molecule has 0 radical (unpaired) electrons. The van der Waals surface area contributed by atoms with Gasteiger partial charge in [0.2, 0.25) is 5.91 Å². The molecular weight excluding hydrogens is 498 g/mol. The molecule has 0 spiro atoms. The van der Waals surface area contributed by atoms with Gasteiger partial charge in [0.1, 0.15) is 17.7 Å². The van der Waals surface area contributed by atoms with Crippen LogP contribution in [-0.4, -0.2) is 49.6 Å². The second-order valence-corrected chi connectivity index (χ2v) is 7.03. The van der Waals surface area contributed by atoms with Crippen LogP contribution in [0.15, 0.2) is 53.5 Å². The molecule has 162 valence electrons. The molecule has 2 N–H and O–H groups in total. The molecular formula is C22H28FIN4O2. The molecule has 1 amide bonds. The molecule has 8 heteroatoms. The van der Waals surface area contributed by atoms with Crippen LogP contribution in [0.1, 0.15) is 18.1 Å². The zero-order valence-corrected chi connectivity index (χ0v) is 19.6. The van der Waals surface area contributed by atoms with E-state index in [2.05, 4.69) is 27.8 Å². The summed E-state index contributed by atoms with van der Waals surface area (Å²) in [5.74, 6) is 0.693. The van der Waals surface area contributed by atoms with Crippen molar-refractivity contribution in [3.8, 4) is 5.75 Å². The lowest BCUT2D eigenvalue weighted by Gasteiger charge is -2.29. The first-order valence-electron chi connectivity index (χ1n) is 9.76. The maximum absolute atomic E-state index is 13.2. The zero-order chi connectivity index (χ0) is 20.6. The molecule has 0 bridgehead atoms. The molecule has 0 aliphatic carbocycles. The van der Waals surface area contributed by atoms with Gasteiger partial charge in [0.05, 0.1) is 13.1 Å². The number of guanidine groups is 1. The molecule has 3 rings (SSSR count). The molecule has 1 heterocycles. The van der Waals surface area contributed by atoms with Crippen molar-refractivity contribution < 1.29 is 13.9 Å².